The molecule has 3 fully saturated rings. The summed E-state index contributed by atoms with van der Waals surface area (Å²) in [5.74, 6) is -0.496. The van der Waals surface area contributed by atoms with Crippen LogP contribution in [0.3, 0.4) is 0 Å². The Labute approximate surface area is 152 Å². The average molecular weight is 364 g/mol. The number of nitrogens with one attached hydrogen (secondary N) is 1. The topological polar surface area (TPSA) is 41.6 Å². The fraction of sp³-hybridized carbons (Fsp3) is 0.650. The highest BCUT2D eigenvalue weighted by molar-refractivity contribution is 5.75. The van der Waals surface area contributed by atoms with Gasteiger partial charge < -0.3 is 15.0 Å². The van der Waals surface area contributed by atoms with Crippen molar-refractivity contribution < 1.29 is 18.3 Å². The second-order valence-electron chi connectivity index (χ2n) is 7.94. The van der Waals surface area contributed by atoms with Gasteiger partial charge in [0.2, 0.25) is 5.82 Å². The summed E-state index contributed by atoms with van der Waals surface area (Å²) in [6.07, 6.45) is 7.66. The van der Waals surface area contributed by atoms with Crippen LogP contribution >= 0.6 is 0 Å². The maximum atomic E-state index is 13.9. The van der Waals surface area contributed by atoms with E-state index in [1.807, 2.05) is 0 Å². The molecule has 1 aromatic carbocycles. The molecule has 0 aromatic heterocycles. The lowest BCUT2D eigenvalue weighted by Crippen LogP contribution is -2.43. The van der Waals surface area contributed by atoms with E-state index in [0.29, 0.717) is 12.1 Å². The third kappa shape index (κ3) is 3.14. The molecular weight excluding hydrogens is 338 g/mol. The second-order valence-corrected chi connectivity index (χ2v) is 7.94. The van der Waals surface area contributed by atoms with E-state index >= 15 is 0 Å². The third-order valence-corrected chi connectivity index (χ3v) is 6.45. The van der Waals surface area contributed by atoms with E-state index in [4.69, 9.17) is 4.74 Å². The van der Waals surface area contributed by atoms with E-state index in [-0.39, 0.29) is 23.9 Å². The predicted molar refractivity (Wildman–Crippen MR) is 94.0 cm³/mol. The van der Waals surface area contributed by atoms with Crippen LogP contribution in [0.1, 0.15) is 56.6 Å². The number of halogens is 2. The average Bonchev–Trinajstić information content (AvgIpc) is 3.32. The number of amides is 2. The van der Waals surface area contributed by atoms with Crippen molar-refractivity contribution in [3.8, 4) is 5.75 Å². The number of carbonyl (C=O) groups excluding carboxylic acids is 1. The standard InChI is InChI=1S/C20H26F2N2O2/c1-26-18-11-14(10-16(21)19(18)22)17-6-3-7-24(17)20(25)23-15-8-12-4-2-5-13(12)9-15/h10-13,15,17H,2-9H2,1H3,(H,23,25). The van der Waals surface area contributed by atoms with Gasteiger partial charge in [-0.05, 0) is 55.2 Å². The van der Waals surface area contributed by atoms with Gasteiger partial charge in [-0.1, -0.05) is 19.3 Å². The molecule has 26 heavy (non-hydrogen) atoms. The van der Waals surface area contributed by atoms with Crippen molar-refractivity contribution in [2.24, 2.45) is 11.8 Å². The Morgan fingerprint density at radius 1 is 1.15 bits per heavy atom. The molecule has 4 nitrogen and oxygen atoms in total. The first kappa shape index (κ1) is 17.6. The number of carbonyl (C=O) groups is 1. The number of methoxy groups -OCH3 is 1. The molecule has 2 saturated carbocycles. The van der Waals surface area contributed by atoms with Crippen molar-refractivity contribution >= 4 is 6.03 Å². The molecule has 2 amide bonds. The molecule has 1 N–H and O–H groups in total. The SMILES string of the molecule is COc1cc(C2CCCN2C(=O)NC2CC3CCCC3C2)cc(F)c1F. The van der Waals surface area contributed by atoms with Crippen molar-refractivity contribution in [1.29, 1.82) is 0 Å². The van der Waals surface area contributed by atoms with Crippen LogP contribution in [-0.4, -0.2) is 30.6 Å². The Morgan fingerprint density at radius 3 is 2.58 bits per heavy atom. The minimum atomic E-state index is -0.984. The summed E-state index contributed by atoms with van der Waals surface area (Å²) in [7, 11) is 1.32. The normalized spacial score (nSPS) is 30.5. The van der Waals surface area contributed by atoms with Crippen LogP contribution in [0, 0.1) is 23.5 Å². The summed E-state index contributed by atoms with van der Waals surface area (Å²) in [4.78, 5) is 14.6. The van der Waals surface area contributed by atoms with Crippen LogP contribution in [0.25, 0.3) is 0 Å². The maximum Gasteiger partial charge on any atom is 0.318 e. The van der Waals surface area contributed by atoms with E-state index in [9.17, 15) is 13.6 Å². The maximum absolute atomic E-state index is 13.9. The van der Waals surface area contributed by atoms with Gasteiger partial charge in [0.25, 0.3) is 0 Å². The van der Waals surface area contributed by atoms with E-state index in [1.54, 1.807) is 4.90 Å². The smallest absolute Gasteiger partial charge is 0.318 e. The Hall–Kier alpha value is -1.85. The molecule has 4 rings (SSSR count). The molecule has 0 spiro atoms. The van der Waals surface area contributed by atoms with Gasteiger partial charge in [-0.3, -0.25) is 0 Å². The van der Waals surface area contributed by atoms with E-state index in [0.717, 1.165) is 37.5 Å². The van der Waals surface area contributed by atoms with Crippen LogP contribution < -0.4 is 10.1 Å². The van der Waals surface area contributed by atoms with Gasteiger partial charge in [0.1, 0.15) is 0 Å². The number of hydrogen-bond acceptors (Lipinski definition) is 2. The predicted octanol–water partition coefficient (Wildman–Crippen LogP) is 4.40. The molecule has 3 unspecified atom stereocenters. The number of rotatable bonds is 3. The molecule has 0 bridgehead atoms. The Kier molecular flexibility index (Phi) is 4.76. The van der Waals surface area contributed by atoms with Gasteiger partial charge in [-0.2, -0.15) is 4.39 Å². The summed E-state index contributed by atoms with van der Waals surface area (Å²) >= 11 is 0. The number of fused-ring (bicyclic) bond motifs is 1. The molecule has 2 aliphatic carbocycles. The molecule has 1 heterocycles. The molecule has 3 aliphatic rings. The fourth-order valence-electron chi connectivity index (χ4n) is 5.22. The highest BCUT2D eigenvalue weighted by Crippen LogP contribution is 2.44. The first-order chi connectivity index (χ1) is 12.6. The zero-order chi connectivity index (χ0) is 18.3. The Bertz CT molecular complexity index is 685. The minimum absolute atomic E-state index is 0.0822. The third-order valence-electron chi connectivity index (χ3n) is 6.45. The monoisotopic (exact) mass is 364 g/mol. The Morgan fingerprint density at radius 2 is 1.88 bits per heavy atom. The Balaban J connectivity index is 1.46. The molecule has 1 aliphatic heterocycles. The lowest BCUT2D eigenvalue weighted by Gasteiger charge is -2.27. The molecule has 6 heteroatoms. The molecule has 142 valence electrons. The van der Waals surface area contributed by atoms with Crippen LogP contribution in [0.5, 0.6) is 5.75 Å². The number of hydrogen-bond donors (Lipinski definition) is 1. The number of nitrogens with zero attached hydrogens (tertiary/aromatic N) is 1. The number of urea groups is 1. The lowest BCUT2D eigenvalue weighted by molar-refractivity contribution is 0.188. The zero-order valence-electron chi connectivity index (χ0n) is 15.1. The van der Waals surface area contributed by atoms with Crippen LogP contribution in [-0.2, 0) is 0 Å². The quantitative estimate of drug-likeness (QED) is 0.864. The summed E-state index contributed by atoms with van der Waals surface area (Å²) in [5.41, 5.74) is 0.594. The van der Waals surface area contributed by atoms with Crippen LogP contribution in [0.15, 0.2) is 12.1 Å². The highest BCUT2D eigenvalue weighted by atomic mass is 19.2. The van der Waals surface area contributed by atoms with Crippen molar-refractivity contribution in [3.05, 3.63) is 29.3 Å². The number of benzene rings is 1. The van der Waals surface area contributed by atoms with Crippen molar-refractivity contribution in [2.45, 2.75) is 57.0 Å². The van der Waals surface area contributed by atoms with Gasteiger partial charge in [0, 0.05) is 12.6 Å². The van der Waals surface area contributed by atoms with E-state index < -0.39 is 11.6 Å². The van der Waals surface area contributed by atoms with Crippen LogP contribution in [0.2, 0.25) is 0 Å². The zero-order valence-corrected chi connectivity index (χ0v) is 15.1. The van der Waals surface area contributed by atoms with Gasteiger partial charge in [-0.25, -0.2) is 9.18 Å². The summed E-state index contributed by atoms with van der Waals surface area (Å²) in [5, 5.41) is 3.19. The van der Waals surface area contributed by atoms with E-state index in [2.05, 4.69) is 5.32 Å². The second kappa shape index (κ2) is 7.05. The van der Waals surface area contributed by atoms with Gasteiger partial charge >= 0.3 is 6.03 Å². The molecule has 1 saturated heterocycles. The number of ether oxygens (including phenoxy) is 1. The van der Waals surface area contributed by atoms with E-state index in [1.165, 1.54) is 38.5 Å². The molecular formula is C20H26F2N2O2. The largest absolute Gasteiger partial charge is 0.494 e. The first-order valence-corrected chi connectivity index (χ1v) is 9.67. The van der Waals surface area contributed by atoms with Gasteiger partial charge in [0.05, 0.1) is 13.2 Å². The van der Waals surface area contributed by atoms with Crippen molar-refractivity contribution in [2.75, 3.05) is 13.7 Å². The summed E-state index contributed by atoms with van der Waals surface area (Å²) < 4.78 is 32.5. The van der Waals surface area contributed by atoms with Gasteiger partial charge in [-0.15, -0.1) is 0 Å². The number of likely N-dealkylation sites (tertiary alicyclic amines) is 1. The van der Waals surface area contributed by atoms with Crippen molar-refractivity contribution in [1.82, 2.24) is 10.2 Å². The van der Waals surface area contributed by atoms with Crippen LogP contribution in [0.4, 0.5) is 13.6 Å². The van der Waals surface area contributed by atoms with Gasteiger partial charge in [0.15, 0.2) is 11.6 Å². The highest BCUT2D eigenvalue weighted by Gasteiger charge is 2.39. The lowest BCUT2D eigenvalue weighted by atomic mass is 10.0. The molecule has 3 atom stereocenters. The fourth-order valence-corrected chi connectivity index (χ4v) is 5.22. The first-order valence-electron chi connectivity index (χ1n) is 9.67. The minimum Gasteiger partial charge on any atom is -0.494 e. The summed E-state index contributed by atoms with van der Waals surface area (Å²) in [6, 6.07) is 2.63. The summed E-state index contributed by atoms with van der Waals surface area (Å²) in [6.45, 7) is 0.636. The molecule has 1 aromatic rings. The molecule has 0 radical (unpaired) electrons. The van der Waals surface area contributed by atoms with Crippen molar-refractivity contribution in [3.63, 3.8) is 0 Å².